The number of nitrogens with zero attached hydrogens (tertiary/aromatic N) is 1. The number of carbonyl (C=O) groups is 1. The van der Waals surface area contributed by atoms with Crippen molar-refractivity contribution < 1.29 is 4.79 Å². The number of rotatable bonds is 4. The molecular weight excluding hydrogens is 272 g/mol. The number of fused-ring (bicyclic) bond motifs is 1. The molecule has 22 heavy (non-hydrogen) atoms. The number of para-hydroxylation sites is 1. The Kier molecular flexibility index (Phi) is 4.42. The van der Waals surface area contributed by atoms with Crippen LogP contribution in [0.4, 0.5) is 11.4 Å². The summed E-state index contributed by atoms with van der Waals surface area (Å²) in [5.74, 6) is 0.0425. The maximum Gasteiger partial charge on any atom is 0.243 e. The van der Waals surface area contributed by atoms with Crippen molar-refractivity contribution in [1.29, 1.82) is 0 Å². The molecule has 114 valence electrons. The Bertz CT molecular complexity index is 649. The van der Waals surface area contributed by atoms with E-state index in [0.717, 1.165) is 31.5 Å². The third kappa shape index (κ3) is 3.30. The molecule has 0 fully saturated rings. The van der Waals surface area contributed by atoms with Crippen molar-refractivity contribution in [2.75, 3.05) is 23.3 Å². The second-order valence-electron chi connectivity index (χ2n) is 5.75. The Morgan fingerprint density at radius 2 is 1.91 bits per heavy atom. The van der Waals surface area contributed by atoms with Gasteiger partial charge in [-0.25, -0.2) is 0 Å². The van der Waals surface area contributed by atoms with E-state index in [9.17, 15) is 4.79 Å². The van der Waals surface area contributed by atoms with Gasteiger partial charge >= 0.3 is 0 Å². The molecule has 0 saturated heterocycles. The zero-order chi connectivity index (χ0) is 15.4. The molecule has 0 radical (unpaired) electrons. The fraction of sp³-hybridized carbons (Fsp3) is 0.316. The lowest BCUT2D eigenvalue weighted by Gasteiger charge is -2.30. The summed E-state index contributed by atoms with van der Waals surface area (Å²) in [5.41, 5.74) is 4.69. The number of benzene rings is 2. The third-order valence-corrected chi connectivity index (χ3v) is 4.19. The molecule has 0 aromatic heterocycles. The summed E-state index contributed by atoms with van der Waals surface area (Å²) in [5, 5.41) is 2.99. The number of aryl methyl sites for hydroxylation is 2. The molecule has 3 nitrogen and oxygen atoms in total. The summed E-state index contributed by atoms with van der Waals surface area (Å²) < 4.78 is 0. The first-order valence-electron chi connectivity index (χ1n) is 7.98. The zero-order valence-corrected chi connectivity index (χ0v) is 13.0. The zero-order valence-electron chi connectivity index (χ0n) is 13.0. The van der Waals surface area contributed by atoms with E-state index in [-0.39, 0.29) is 5.91 Å². The Balaban J connectivity index is 1.65. The summed E-state index contributed by atoms with van der Waals surface area (Å²) in [6, 6.07) is 16.4. The Morgan fingerprint density at radius 3 is 2.68 bits per heavy atom. The lowest BCUT2D eigenvalue weighted by molar-refractivity contribution is -0.115. The van der Waals surface area contributed by atoms with Gasteiger partial charge in [0.05, 0.1) is 6.54 Å². The molecule has 0 spiro atoms. The first-order chi connectivity index (χ1) is 10.8. The van der Waals surface area contributed by atoms with Crippen molar-refractivity contribution in [3.05, 3.63) is 59.7 Å². The molecule has 1 amide bonds. The predicted octanol–water partition coefficient (Wildman–Crippen LogP) is 3.64. The van der Waals surface area contributed by atoms with Crippen molar-refractivity contribution in [1.82, 2.24) is 0 Å². The van der Waals surface area contributed by atoms with Crippen molar-refractivity contribution in [3.63, 3.8) is 0 Å². The number of nitrogens with one attached hydrogen (secondary N) is 1. The van der Waals surface area contributed by atoms with Gasteiger partial charge in [0, 0.05) is 17.9 Å². The Morgan fingerprint density at radius 1 is 1.14 bits per heavy atom. The SMILES string of the molecule is CCc1ccc(NC(=O)CN2CCCc3ccccc32)cc1. The first-order valence-corrected chi connectivity index (χ1v) is 7.98. The van der Waals surface area contributed by atoms with Crippen LogP contribution in [0.5, 0.6) is 0 Å². The van der Waals surface area contributed by atoms with Gasteiger partial charge in [0.15, 0.2) is 0 Å². The predicted molar refractivity (Wildman–Crippen MR) is 91.4 cm³/mol. The number of amides is 1. The van der Waals surface area contributed by atoms with E-state index in [1.807, 2.05) is 18.2 Å². The van der Waals surface area contributed by atoms with Gasteiger partial charge in [0.1, 0.15) is 0 Å². The minimum Gasteiger partial charge on any atom is -0.362 e. The highest BCUT2D eigenvalue weighted by Crippen LogP contribution is 2.26. The Hall–Kier alpha value is -2.29. The number of anilines is 2. The maximum atomic E-state index is 12.3. The maximum absolute atomic E-state index is 12.3. The quantitative estimate of drug-likeness (QED) is 0.933. The molecule has 3 rings (SSSR count). The van der Waals surface area contributed by atoms with E-state index >= 15 is 0 Å². The summed E-state index contributed by atoms with van der Waals surface area (Å²) in [7, 11) is 0. The number of hydrogen-bond acceptors (Lipinski definition) is 2. The van der Waals surface area contributed by atoms with Crippen LogP contribution in [-0.2, 0) is 17.6 Å². The molecule has 0 aliphatic carbocycles. The topological polar surface area (TPSA) is 32.3 Å². The minimum absolute atomic E-state index is 0.0425. The van der Waals surface area contributed by atoms with Crippen LogP contribution >= 0.6 is 0 Å². The van der Waals surface area contributed by atoms with E-state index < -0.39 is 0 Å². The van der Waals surface area contributed by atoms with Crippen LogP contribution in [0.25, 0.3) is 0 Å². The van der Waals surface area contributed by atoms with Gasteiger partial charge in [-0.1, -0.05) is 37.3 Å². The molecule has 1 aliphatic heterocycles. The smallest absolute Gasteiger partial charge is 0.243 e. The van der Waals surface area contributed by atoms with Crippen LogP contribution in [0.2, 0.25) is 0 Å². The van der Waals surface area contributed by atoms with E-state index in [2.05, 4.69) is 47.5 Å². The van der Waals surface area contributed by atoms with E-state index in [1.54, 1.807) is 0 Å². The summed E-state index contributed by atoms with van der Waals surface area (Å²) >= 11 is 0. The van der Waals surface area contributed by atoms with Crippen LogP contribution in [0.3, 0.4) is 0 Å². The normalized spacial score (nSPS) is 13.6. The highest BCUT2D eigenvalue weighted by Gasteiger charge is 2.18. The van der Waals surface area contributed by atoms with E-state index in [0.29, 0.717) is 6.54 Å². The third-order valence-electron chi connectivity index (χ3n) is 4.19. The van der Waals surface area contributed by atoms with E-state index in [1.165, 1.54) is 16.8 Å². The molecule has 0 unspecified atom stereocenters. The van der Waals surface area contributed by atoms with Crippen LogP contribution < -0.4 is 10.2 Å². The summed E-state index contributed by atoms with van der Waals surface area (Å²) in [6.45, 7) is 3.48. The molecule has 0 bridgehead atoms. The first kappa shape index (κ1) is 14.6. The average molecular weight is 294 g/mol. The molecule has 2 aromatic rings. The van der Waals surface area contributed by atoms with Gasteiger partial charge in [-0.3, -0.25) is 4.79 Å². The van der Waals surface area contributed by atoms with Crippen LogP contribution in [0, 0.1) is 0 Å². The fourth-order valence-electron chi connectivity index (χ4n) is 2.97. The monoisotopic (exact) mass is 294 g/mol. The highest BCUT2D eigenvalue weighted by atomic mass is 16.2. The van der Waals surface area contributed by atoms with Crippen LogP contribution in [0.1, 0.15) is 24.5 Å². The number of carbonyl (C=O) groups excluding carboxylic acids is 1. The van der Waals surface area contributed by atoms with Gasteiger partial charge < -0.3 is 10.2 Å². The fourth-order valence-corrected chi connectivity index (χ4v) is 2.97. The Labute approximate surface area is 132 Å². The molecule has 1 heterocycles. The van der Waals surface area contributed by atoms with Crippen LogP contribution in [0.15, 0.2) is 48.5 Å². The van der Waals surface area contributed by atoms with Crippen molar-refractivity contribution in [2.45, 2.75) is 26.2 Å². The lowest BCUT2D eigenvalue weighted by Crippen LogP contribution is -2.36. The van der Waals surface area contributed by atoms with Gasteiger partial charge in [0.25, 0.3) is 0 Å². The molecule has 3 heteroatoms. The largest absolute Gasteiger partial charge is 0.362 e. The molecule has 2 aromatic carbocycles. The van der Waals surface area contributed by atoms with E-state index in [4.69, 9.17) is 0 Å². The summed E-state index contributed by atoms with van der Waals surface area (Å²) in [4.78, 5) is 14.5. The van der Waals surface area contributed by atoms with Crippen LogP contribution in [-0.4, -0.2) is 19.0 Å². The lowest BCUT2D eigenvalue weighted by atomic mass is 10.0. The van der Waals surface area contributed by atoms with Crippen molar-refractivity contribution in [2.24, 2.45) is 0 Å². The van der Waals surface area contributed by atoms with Crippen molar-refractivity contribution >= 4 is 17.3 Å². The molecular formula is C19H22N2O. The standard InChI is InChI=1S/C19H22N2O/c1-2-15-9-11-17(12-10-15)20-19(22)14-21-13-5-7-16-6-3-4-8-18(16)21/h3-4,6,8-12H,2,5,7,13-14H2,1H3,(H,20,22). The minimum atomic E-state index is 0.0425. The van der Waals surface area contributed by atoms with Gasteiger partial charge in [-0.15, -0.1) is 0 Å². The average Bonchev–Trinajstić information content (AvgIpc) is 2.56. The van der Waals surface area contributed by atoms with Crippen molar-refractivity contribution in [3.8, 4) is 0 Å². The molecule has 1 N–H and O–H groups in total. The molecule has 1 aliphatic rings. The second-order valence-corrected chi connectivity index (χ2v) is 5.75. The van der Waals surface area contributed by atoms with Gasteiger partial charge in [0.2, 0.25) is 5.91 Å². The van der Waals surface area contributed by atoms with Gasteiger partial charge in [-0.05, 0) is 48.6 Å². The second kappa shape index (κ2) is 6.65. The molecule has 0 saturated carbocycles. The molecule has 0 atom stereocenters. The van der Waals surface area contributed by atoms with Gasteiger partial charge in [-0.2, -0.15) is 0 Å². The summed E-state index contributed by atoms with van der Waals surface area (Å²) in [6.07, 6.45) is 3.22. The highest BCUT2D eigenvalue weighted by molar-refractivity contribution is 5.94. The number of hydrogen-bond donors (Lipinski definition) is 1.